The predicted octanol–water partition coefficient (Wildman–Crippen LogP) is 4.17. The third-order valence-corrected chi connectivity index (χ3v) is 3.85. The molecule has 0 unspecified atom stereocenters. The third-order valence-electron chi connectivity index (χ3n) is 3.15. The number of aryl methyl sites for hydroxylation is 1. The highest BCUT2D eigenvalue weighted by molar-refractivity contribution is 6.36. The fourth-order valence-electron chi connectivity index (χ4n) is 1.95. The first kappa shape index (κ1) is 18.2. The van der Waals surface area contributed by atoms with E-state index in [2.05, 4.69) is 5.32 Å². The van der Waals surface area contributed by atoms with Crippen molar-refractivity contribution >= 4 is 40.8 Å². The largest absolute Gasteiger partial charge is 0.455 e. The summed E-state index contributed by atoms with van der Waals surface area (Å²) in [4.78, 5) is 23.5. The van der Waals surface area contributed by atoms with Crippen molar-refractivity contribution in [3.8, 4) is 0 Å². The van der Waals surface area contributed by atoms with Gasteiger partial charge in [-0.2, -0.15) is 0 Å². The van der Waals surface area contributed by atoms with Crippen molar-refractivity contribution < 1.29 is 18.7 Å². The van der Waals surface area contributed by atoms with Crippen LogP contribution in [0.3, 0.4) is 0 Å². The molecule has 0 bridgehead atoms. The van der Waals surface area contributed by atoms with Gasteiger partial charge in [0.05, 0.1) is 12.1 Å². The Labute approximate surface area is 148 Å². The van der Waals surface area contributed by atoms with E-state index in [1.807, 2.05) is 0 Å². The van der Waals surface area contributed by atoms with Crippen molar-refractivity contribution in [1.82, 2.24) is 0 Å². The van der Waals surface area contributed by atoms with Crippen molar-refractivity contribution in [2.45, 2.75) is 13.3 Å². The Morgan fingerprint density at radius 3 is 2.46 bits per heavy atom. The van der Waals surface area contributed by atoms with Crippen molar-refractivity contribution in [2.24, 2.45) is 0 Å². The maximum atomic E-state index is 13.6. The SMILES string of the molecule is Cc1ccc(NC(=O)COC(=O)Cc2c(Cl)cccc2Cl)c(F)c1. The number of carbonyl (C=O) groups is 2. The molecule has 4 nitrogen and oxygen atoms in total. The van der Waals surface area contributed by atoms with Gasteiger partial charge >= 0.3 is 5.97 Å². The van der Waals surface area contributed by atoms with E-state index in [0.717, 1.165) is 5.56 Å². The van der Waals surface area contributed by atoms with E-state index >= 15 is 0 Å². The van der Waals surface area contributed by atoms with Crippen molar-refractivity contribution in [1.29, 1.82) is 0 Å². The Bertz CT molecular complexity index is 760. The first-order valence-corrected chi connectivity index (χ1v) is 7.77. The Morgan fingerprint density at radius 2 is 1.83 bits per heavy atom. The number of hydrogen-bond donors (Lipinski definition) is 1. The molecule has 0 aliphatic rings. The molecule has 0 saturated carbocycles. The smallest absolute Gasteiger partial charge is 0.310 e. The molecule has 126 valence electrons. The van der Waals surface area contributed by atoms with Crippen LogP contribution in [0.15, 0.2) is 36.4 Å². The number of rotatable bonds is 5. The number of anilines is 1. The van der Waals surface area contributed by atoms with Gasteiger partial charge in [-0.1, -0.05) is 35.3 Å². The molecule has 0 radical (unpaired) electrons. The molecule has 0 saturated heterocycles. The second kappa shape index (κ2) is 8.13. The summed E-state index contributed by atoms with van der Waals surface area (Å²) in [5.74, 6) is -1.86. The highest BCUT2D eigenvalue weighted by Crippen LogP contribution is 2.24. The van der Waals surface area contributed by atoms with E-state index in [1.165, 1.54) is 12.1 Å². The number of esters is 1. The van der Waals surface area contributed by atoms with Crippen LogP contribution in [0, 0.1) is 12.7 Å². The lowest BCUT2D eigenvalue weighted by Gasteiger charge is -2.09. The average Bonchev–Trinajstić information content (AvgIpc) is 2.52. The van der Waals surface area contributed by atoms with E-state index < -0.39 is 24.3 Å². The Morgan fingerprint density at radius 1 is 1.17 bits per heavy atom. The minimum Gasteiger partial charge on any atom is -0.455 e. The lowest BCUT2D eigenvalue weighted by molar-refractivity contribution is -0.146. The highest BCUT2D eigenvalue weighted by atomic mass is 35.5. The van der Waals surface area contributed by atoms with Gasteiger partial charge in [-0.05, 0) is 36.8 Å². The normalized spacial score (nSPS) is 10.3. The van der Waals surface area contributed by atoms with Crippen LogP contribution in [0.5, 0.6) is 0 Å². The molecule has 0 aliphatic carbocycles. The number of carbonyl (C=O) groups excluding carboxylic acids is 2. The summed E-state index contributed by atoms with van der Waals surface area (Å²) in [6.45, 7) is 1.20. The van der Waals surface area contributed by atoms with Gasteiger partial charge in [-0.3, -0.25) is 9.59 Å². The standard InChI is InChI=1S/C17H14Cl2FNO3/c1-10-5-6-15(14(20)7-10)21-16(22)9-24-17(23)8-11-12(18)3-2-4-13(11)19/h2-7H,8-9H2,1H3,(H,21,22). The van der Waals surface area contributed by atoms with Crippen molar-refractivity contribution in [3.05, 3.63) is 63.4 Å². The lowest BCUT2D eigenvalue weighted by Crippen LogP contribution is -2.22. The van der Waals surface area contributed by atoms with Crippen LogP contribution in [0.1, 0.15) is 11.1 Å². The number of halogens is 3. The molecule has 2 aromatic rings. The maximum Gasteiger partial charge on any atom is 0.310 e. The molecule has 0 heterocycles. The molecule has 2 aromatic carbocycles. The molecule has 0 fully saturated rings. The number of amides is 1. The van der Waals surface area contributed by atoms with Gasteiger partial charge in [-0.15, -0.1) is 0 Å². The fraction of sp³-hybridized carbons (Fsp3) is 0.176. The zero-order valence-corrected chi connectivity index (χ0v) is 14.2. The molecule has 1 N–H and O–H groups in total. The number of benzene rings is 2. The minimum atomic E-state index is -0.662. The van der Waals surface area contributed by atoms with Crippen LogP contribution in [-0.2, 0) is 20.7 Å². The van der Waals surface area contributed by atoms with Crippen LogP contribution in [0.4, 0.5) is 10.1 Å². The molecule has 7 heteroatoms. The predicted molar refractivity (Wildman–Crippen MR) is 90.9 cm³/mol. The van der Waals surface area contributed by atoms with Gasteiger partial charge < -0.3 is 10.1 Å². The summed E-state index contributed by atoms with van der Waals surface area (Å²) in [5, 5.41) is 3.01. The van der Waals surface area contributed by atoms with Crippen LogP contribution >= 0.6 is 23.2 Å². The van der Waals surface area contributed by atoms with Crippen LogP contribution in [-0.4, -0.2) is 18.5 Å². The van der Waals surface area contributed by atoms with E-state index in [0.29, 0.717) is 15.6 Å². The summed E-state index contributed by atoms with van der Waals surface area (Å²) >= 11 is 11.9. The molecule has 0 atom stereocenters. The van der Waals surface area contributed by atoms with Gasteiger partial charge in [-0.25, -0.2) is 4.39 Å². The molecule has 24 heavy (non-hydrogen) atoms. The minimum absolute atomic E-state index is 0.0239. The monoisotopic (exact) mass is 369 g/mol. The van der Waals surface area contributed by atoms with E-state index in [9.17, 15) is 14.0 Å². The van der Waals surface area contributed by atoms with Gasteiger partial charge in [0.15, 0.2) is 6.61 Å². The van der Waals surface area contributed by atoms with Gasteiger partial charge in [0.2, 0.25) is 0 Å². The fourth-order valence-corrected chi connectivity index (χ4v) is 2.48. The Kier molecular flexibility index (Phi) is 6.17. The summed E-state index contributed by atoms with van der Waals surface area (Å²) in [7, 11) is 0. The summed E-state index contributed by atoms with van der Waals surface area (Å²) < 4.78 is 18.5. The number of nitrogens with one attached hydrogen (secondary N) is 1. The molecule has 0 spiro atoms. The Balaban J connectivity index is 1.88. The van der Waals surface area contributed by atoms with Crippen LogP contribution in [0.2, 0.25) is 10.0 Å². The van der Waals surface area contributed by atoms with E-state index in [-0.39, 0.29) is 12.1 Å². The first-order chi connectivity index (χ1) is 11.4. The first-order valence-electron chi connectivity index (χ1n) is 7.01. The lowest BCUT2D eigenvalue weighted by atomic mass is 10.1. The van der Waals surface area contributed by atoms with Crippen LogP contribution < -0.4 is 5.32 Å². The number of hydrogen-bond acceptors (Lipinski definition) is 3. The topological polar surface area (TPSA) is 55.4 Å². The zero-order valence-electron chi connectivity index (χ0n) is 12.7. The van der Waals surface area contributed by atoms with Crippen molar-refractivity contribution in [2.75, 3.05) is 11.9 Å². The van der Waals surface area contributed by atoms with Gasteiger partial charge in [0, 0.05) is 15.6 Å². The van der Waals surface area contributed by atoms with Gasteiger partial charge in [0.25, 0.3) is 5.91 Å². The molecule has 0 aliphatic heterocycles. The van der Waals surface area contributed by atoms with Gasteiger partial charge in [0.1, 0.15) is 5.82 Å². The van der Waals surface area contributed by atoms with E-state index in [1.54, 1.807) is 31.2 Å². The molecule has 1 amide bonds. The second-order valence-electron chi connectivity index (χ2n) is 5.07. The summed E-state index contributed by atoms with van der Waals surface area (Å²) in [6.07, 6.45) is -0.162. The summed E-state index contributed by atoms with van der Waals surface area (Å²) in [6, 6.07) is 9.24. The van der Waals surface area contributed by atoms with Crippen LogP contribution in [0.25, 0.3) is 0 Å². The average molecular weight is 370 g/mol. The molecule has 2 rings (SSSR count). The molecular formula is C17H14Cl2FNO3. The highest BCUT2D eigenvalue weighted by Gasteiger charge is 2.14. The quantitative estimate of drug-likeness (QED) is 0.804. The zero-order chi connectivity index (χ0) is 17.7. The second-order valence-corrected chi connectivity index (χ2v) is 5.88. The Hall–Kier alpha value is -2.11. The summed E-state index contributed by atoms with van der Waals surface area (Å²) in [5.41, 5.74) is 1.18. The number of ether oxygens (including phenoxy) is 1. The molecular weight excluding hydrogens is 356 g/mol. The molecule has 0 aromatic heterocycles. The maximum absolute atomic E-state index is 13.6. The van der Waals surface area contributed by atoms with E-state index in [4.69, 9.17) is 27.9 Å². The third kappa shape index (κ3) is 4.94. The van der Waals surface area contributed by atoms with Crippen molar-refractivity contribution in [3.63, 3.8) is 0 Å².